The van der Waals surface area contributed by atoms with Gasteiger partial charge < -0.3 is 27.5 Å². The van der Waals surface area contributed by atoms with E-state index in [0.29, 0.717) is 59.1 Å². The smallest absolute Gasteiger partial charge is 0.343 e. The number of fused-ring (bicyclic) bond motifs is 1. The van der Waals surface area contributed by atoms with Crippen molar-refractivity contribution in [3.63, 3.8) is 0 Å². The van der Waals surface area contributed by atoms with Crippen molar-refractivity contribution in [3.8, 4) is 23.0 Å². The van der Waals surface area contributed by atoms with Gasteiger partial charge in [0.15, 0.2) is 16.6 Å². The first-order valence-electron chi connectivity index (χ1n) is 23.1. The van der Waals surface area contributed by atoms with E-state index in [1.165, 1.54) is 6.08 Å². The number of benzene rings is 4. The number of hydrogen-bond donors (Lipinski definition) is 0. The molecule has 4 rings (SSSR count). The van der Waals surface area contributed by atoms with Crippen LogP contribution in [-0.2, 0) is 13.6 Å². The molecule has 0 aliphatic rings. The third kappa shape index (κ3) is 13.8. The van der Waals surface area contributed by atoms with Gasteiger partial charge in [0.1, 0.15) is 23.0 Å². The highest BCUT2D eigenvalue weighted by Crippen LogP contribution is 2.43. The molecule has 0 radical (unpaired) electrons. The van der Waals surface area contributed by atoms with E-state index in [1.807, 2.05) is 42.5 Å². The second-order valence-corrected chi connectivity index (χ2v) is 36.4. The zero-order chi connectivity index (χ0) is 47.8. The van der Waals surface area contributed by atoms with E-state index in [4.69, 9.17) is 27.5 Å². The summed E-state index contributed by atoms with van der Waals surface area (Å²) in [5.74, 6) is 1.57. The van der Waals surface area contributed by atoms with Gasteiger partial charge in [-0.3, -0.25) is 0 Å². The molecule has 4 aromatic rings. The van der Waals surface area contributed by atoms with Gasteiger partial charge in [0, 0.05) is 25.2 Å². The minimum atomic E-state index is -2.12. The predicted molar refractivity (Wildman–Crippen MR) is 273 cm³/mol. The van der Waals surface area contributed by atoms with Crippen molar-refractivity contribution in [2.75, 3.05) is 19.8 Å². The normalized spacial score (nSPS) is 13.1. The maximum atomic E-state index is 13.1. The summed E-state index contributed by atoms with van der Waals surface area (Å²) in [7, 11) is -5.94. The molecule has 64 heavy (non-hydrogen) atoms. The minimum Gasteiger partial charge on any atom is -0.543 e. The quantitative estimate of drug-likeness (QED) is 0.0375. The fourth-order valence-electron chi connectivity index (χ4n) is 7.57. The van der Waals surface area contributed by atoms with Crippen LogP contribution in [0, 0.1) is 12.8 Å². The largest absolute Gasteiger partial charge is 0.543 e. The average molecular weight is 927 g/mol. The Morgan fingerprint density at radius 2 is 1.14 bits per heavy atom. The molecule has 0 N–H and O–H groups in total. The van der Waals surface area contributed by atoms with Crippen molar-refractivity contribution in [2.24, 2.45) is 5.92 Å². The SMILES string of the molecule is Cc1cc(OC(=O)c2ccc(O[Si](C(C)C)(C(C)C)C(C)C)cc2)ccc1OC(=O)/C=C/c1ccc2cc(OCCC(CO[Si](C)(C)C(C)(C)C)CO[Si](C)(C)C(C)(C)C)ccc2c1. The van der Waals surface area contributed by atoms with Gasteiger partial charge in [-0.15, -0.1) is 0 Å². The lowest BCUT2D eigenvalue weighted by atomic mass is 10.1. The van der Waals surface area contributed by atoms with Crippen LogP contribution in [0.5, 0.6) is 23.0 Å². The van der Waals surface area contributed by atoms with E-state index in [9.17, 15) is 9.59 Å². The van der Waals surface area contributed by atoms with Crippen molar-refractivity contribution >= 4 is 53.7 Å². The van der Waals surface area contributed by atoms with Crippen LogP contribution in [-0.4, -0.2) is 56.7 Å². The van der Waals surface area contributed by atoms with Crippen LogP contribution < -0.4 is 18.6 Å². The van der Waals surface area contributed by atoms with Crippen LogP contribution in [0.1, 0.15) is 111 Å². The monoisotopic (exact) mass is 927 g/mol. The molecular weight excluding hydrogens is 849 g/mol. The molecular formula is C53H78O8Si3. The Hall–Kier alpha value is -4.01. The van der Waals surface area contributed by atoms with E-state index in [0.717, 1.165) is 34.3 Å². The van der Waals surface area contributed by atoms with Gasteiger partial charge in [0.05, 0.1) is 12.2 Å². The number of esters is 2. The maximum Gasteiger partial charge on any atom is 0.343 e. The first-order valence-corrected chi connectivity index (χ1v) is 31.1. The van der Waals surface area contributed by atoms with Gasteiger partial charge in [-0.05, 0) is 155 Å². The molecule has 0 aliphatic carbocycles. The Balaban J connectivity index is 1.32. The molecule has 0 fully saturated rings. The fourth-order valence-corrected chi connectivity index (χ4v) is 15.0. The standard InChI is InChI=1S/C53H78O8Si3/c1-37(2)64(38(3)4,39(5)6)61-46-24-21-43(22-25-46)51(55)59-48-27-28-49(40(7)32-48)60-50(54)29-19-41-18-20-45-34-47(26-23-44(45)33-41)56-31-30-42(35-57-62(14,15)52(8,9)10)36-58-63(16,17)53(11,12)13/h18-29,32-34,37-39,42H,30-31,35-36H2,1-17H3/b29-19+. The molecule has 350 valence electrons. The summed E-state index contributed by atoms with van der Waals surface area (Å²) >= 11 is 0. The van der Waals surface area contributed by atoms with Gasteiger partial charge in [-0.2, -0.15) is 0 Å². The number of aryl methyl sites for hydroxylation is 1. The topological polar surface area (TPSA) is 89.5 Å². The van der Waals surface area contributed by atoms with Gasteiger partial charge in [0.2, 0.25) is 0 Å². The summed E-state index contributed by atoms with van der Waals surface area (Å²) in [6.07, 6.45) is 3.99. The zero-order valence-electron chi connectivity index (χ0n) is 42.1. The summed E-state index contributed by atoms with van der Waals surface area (Å²) in [6, 6.07) is 24.3. The van der Waals surface area contributed by atoms with Crippen LogP contribution in [0.2, 0.25) is 52.9 Å². The van der Waals surface area contributed by atoms with E-state index < -0.39 is 36.9 Å². The van der Waals surface area contributed by atoms with E-state index in [1.54, 1.807) is 43.3 Å². The number of carbonyl (C=O) groups excluding carboxylic acids is 2. The Morgan fingerprint density at radius 3 is 1.67 bits per heavy atom. The molecule has 8 nitrogen and oxygen atoms in total. The summed E-state index contributed by atoms with van der Waals surface area (Å²) in [5.41, 5.74) is 3.26. The van der Waals surface area contributed by atoms with Gasteiger partial charge in [0.25, 0.3) is 8.32 Å². The van der Waals surface area contributed by atoms with Gasteiger partial charge in [-0.1, -0.05) is 101 Å². The summed E-state index contributed by atoms with van der Waals surface area (Å²) < 4.78 is 37.7. The second kappa shape index (κ2) is 21.5. The Kier molecular flexibility index (Phi) is 17.7. The molecule has 0 unspecified atom stereocenters. The Labute approximate surface area is 388 Å². The van der Waals surface area contributed by atoms with Crippen molar-refractivity contribution in [1.29, 1.82) is 0 Å². The van der Waals surface area contributed by atoms with Crippen LogP contribution in [0.4, 0.5) is 0 Å². The second-order valence-electron chi connectivity index (χ2n) is 21.4. The highest BCUT2D eigenvalue weighted by Gasteiger charge is 2.47. The van der Waals surface area contributed by atoms with Crippen molar-refractivity contribution < 1.29 is 37.1 Å². The average Bonchev–Trinajstić information content (AvgIpc) is 3.19. The molecule has 11 heteroatoms. The molecule has 0 aromatic heterocycles. The summed E-state index contributed by atoms with van der Waals surface area (Å²) in [4.78, 5) is 26.0. The maximum absolute atomic E-state index is 13.1. The number of carbonyl (C=O) groups is 2. The lowest BCUT2D eigenvalue weighted by Crippen LogP contribution is -2.50. The van der Waals surface area contributed by atoms with Gasteiger partial charge >= 0.3 is 11.9 Å². The molecule has 0 amide bonds. The molecule has 0 bridgehead atoms. The molecule has 0 aliphatic heterocycles. The van der Waals surface area contributed by atoms with Crippen LogP contribution in [0.15, 0.2) is 84.9 Å². The van der Waals surface area contributed by atoms with Crippen LogP contribution in [0.3, 0.4) is 0 Å². The molecule has 0 atom stereocenters. The van der Waals surface area contributed by atoms with Crippen LogP contribution >= 0.6 is 0 Å². The molecule has 0 saturated carbocycles. The lowest BCUT2D eigenvalue weighted by molar-refractivity contribution is -0.128. The third-order valence-electron chi connectivity index (χ3n) is 13.7. The van der Waals surface area contributed by atoms with E-state index in [-0.39, 0.29) is 16.0 Å². The Bertz CT molecular complexity index is 2160. The summed E-state index contributed by atoms with van der Waals surface area (Å²) in [6.45, 7) is 40.1. The molecule has 0 saturated heterocycles. The first-order chi connectivity index (χ1) is 29.6. The predicted octanol–water partition coefficient (Wildman–Crippen LogP) is 15.0. The molecule has 0 spiro atoms. The van der Waals surface area contributed by atoms with Crippen molar-refractivity contribution in [3.05, 3.63) is 102 Å². The number of rotatable bonds is 20. The fraction of sp³-hybridized carbons (Fsp3) is 0.509. The van der Waals surface area contributed by atoms with Gasteiger partial charge in [-0.25, -0.2) is 9.59 Å². The third-order valence-corrected chi connectivity index (χ3v) is 28.7. The van der Waals surface area contributed by atoms with Crippen molar-refractivity contribution in [1.82, 2.24) is 0 Å². The number of ether oxygens (including phenoxy) is 3. The minimum absolute atomic E-state index is 0.141. The van der Waals surface area contributed by atoms with Crippen LogP contribution in [0.25, 0.3) is 16.8 Å². The lowest BCUT2D eigenvalue weighted by Gasteiger charge is -2.42. The molecule has 4 aromatic carbocycles. The Morgan fingerprint density at radius 1 is 0.625 bits per heavy atom. The summed E-state index contributed by atoms with van der Waals surface area (Å²) in [5, 5.41) is 2.36. The highest BCUT2D eigenvalue weighted by molar-refractivity contribution is 6.78. The zero-order valence-corrected chi connectivity index (χ0v) is 45.1. The number of hydrogen-bond acceptors (Lipinski definition) is 8. The molecule has 0 heterocycles. The highest BCUT2D eigenvalue weighted by atomic mass is 28.4. The van der Waals surface area contributed by atoms with Crippen molar-refractivity contribution in [2.45, 2.75) is 149 Å². The van der Waals surface area contributed by atoms with E-state index >= 15 is 0 Å². The first kappa shape index (κ1) is 52.6. The van der Waals surface area contributed by atoms with E-state index in [2.05, 4.69) is 115 Å².